The van der Waals surface area contributed by atoms with Crippen molar-refractivity contribution in [2.24, 2.45) is 0 Å². The molecule has 1 amide bonds. The topological polar surface area (TPSA) is 68.3 Å². The molecule has 30 heavy (non-hydrogen) atoms. The number of hydrogen-bond acceptors (Lipinski definition) is 4. The molecule has 1 N–H and O–H groups in total. The highest BCUT2D eigenvalue weighted by Crippen LogP contribution is 2.30. The Bertz CT molecular complexity index is 1210. The van der Waals surface area contributed by atoms with Crippen LogP contribution in [0.25, 0.3) is 22.2 Å². The minimum atomic E-state index is -0.550. The Morgan fingerprint density at radius 1 is 0.867 bits per heavy atom. The maximum absolute atomic E-state index is 13.0. The van der Waals surface area contributed by atoms with Gasteiger partial charge in [0.05, 0.1) is 16.8 Å². The number of nitrogens with one attached hydrogen (secondary N) is 1. The molecule has 5 heteroatoms. The monoisotopic (exact) mass is 396 g/mol. The molecule has 0 atom stereocenters. The molecule has 0 spiro atoms. The highest BCUT2D eigenvalue weighted by atomic mass is 16.5. The molecule has 0 fully saturated rings. The Kier molecular flexibility index (Phi) is 5.52. The van der Waals surface area contributed by atoms with Crippen molar-refractivity contribution in [3.63, 3.8) is 0 Å². The van der Waals surface area contributed by atoms with E-state index in [1.165, 1.54) is 0 Å². The first-order valence-corrected chi connectivity index (χ1v) is 9.60. The average Bonchev–Trinajstić information content (AvgIpc) is 2.78. The molecule has 0 aliphatic carbocycles. The van der Waals surface area contributed by atoms with Crippen LogP contribution in [0.5, 0.6) is 0 Å². The summed E-state index contributed by atoms with van der Waals surface area (Å²) >= 11 is 0. The van der Waals surface area contributed by atoms with Crippen LogP contribution in [0.1, 0.15) is 15.9 Å². The number of benzene rings is 3. The van der Waals surface area contributed by atoms with Crippen LogP contribution in [-0.2, 0) is 9.53 Å². The summed E-state index contributed by atoms with van der Waals surface area (Å²) in [6.45, 7) is 1.48. The summed E-state index contributed by atoms with van der Waals surface area (Å²) in [5.41, 5.74) is 4.12. The Hall–Kier alpha value is -3.99. The van der Waals surface area contributed by atoms with Crippen molar-refractivity contribution in [1.29, 1.82) is 0 Å². The zero-order valence-electron chi connectivity index (χ0n) is 16.5. The largest absolute Gasteiger partial charge is 0.452 e. The molecule has 5 nitrogen and oxygen atoms in total. The van der Waals surface area contributed by atoms with Crippen LogP contribution in [0.3, 0.4) is 0 Å². The van der Waals surface area contributed by atoms with Gasteiger partial charge in [0.25, 0.3) is 5.91 Å². The molecule has 1 heterocycles. The van der Waals surface area contributed by atoms with Crippen molar-refractivity contribution in [2.75, 3.05) is 11.9 Å². The number of hydrogen-bond donors (Lipinski definition) is 1. The van der Waals surface area contributed by atoms with E-state index in [0.29, 0.717) is 27.7 Å². The molecule has 148 valence electrons. The lowest BCUT2D eigenvalue weighted by Gasteiger charge is -2.14. The number of nitrogens with zero attached hydrogens (tertiary/aromatic N) is 1. The first kappa shape index (κ1) is 19.3. The second-order valence-electron chi connectivity index (χ2n) is 6.83. The molecular formula is C25H20N2O3. The molecule has 1 aromatic heterocycles. The van der Waals surface area contributed by atoms with Gasteiger partial charge in [-0.2, -0.15) is 0 Å². The smallest absolute Gasteiger partial charge is 0.339 e. The Labute approximate surface area is 174 Å². The van der Waals surface area contributed by atoms with E-state index in [9.17, 15) is 9.59 Å². The normalized spacial score (nSPS) is 10.6. The zero-order valence-corrected chi connectivity index (χ0v) is 16.5. The van der Waals surface area contributed by atoms with Gasteiger partial charge in [0.1, 0.15) is 0 Å². The lowest BCUT2D eigenvalue weighted by molar-refractivity contribution is -0.119. The quantitative estimate of drug-likeness (QED) is 0.482. The maximum Gasteiger partial charge on any atom is 0.339 e. The van der Waals surface area contributed by atoms with Crippen molar-refractivity contribution in [3.05, 3.63) is 96.1 Å². The van der Waals surface area contributed by atoms with Gasteiger partial charge in [-0.05, 0) is 30.7 Å². The van der Waals surface area contributed by atoms with E-state index in [2.05, 4.69) is 5.32 Å². The fraction of sp³-hybridized carbons (Fsp3) is 0.0800. The Balaban J connectivity index is 1.63. The SMILES string of the molecule is Cc1c(-c2ccccc2)nc2ccccc2c1C(=O)OCC(=O)Nc1ccccc1. The van der Waals surface area contributed by atoms with Crippen LogP contribution < -0.4 is 5.32 Å². The van der Waals surface area contributed by atoms with Gasteiger partial charge in [-0.1, -0.05) is 66.7 Å². The molecule has 0 saturated heterocycles. The number of aromatic nitrogens is 1. The third-order valence-corrected chi connectivity index (χ3v) is 4.78. The summed E-state index contributed by atoms with van der Waals surface area (Å²) in [4.78, 5) is 29.9. The van der Waals surface area contributed by atoms with Crippen LogP contribution in [0.4, 0.5) is 5.69 Å². The first-order chi connectivity index (χ1) is 14.6. The van der Waals surface area contributed by atoms with Gasteiger partial charge >= 0.3 is 5.97 Å². The molecule has 0 unspecified atom stereocenters. The summed E-state index contributed by atoms with van der Waals surface area (Å²) in [6, 6.07) is 26.2. The minimum absolute atomic E-state index is 0.371. The van der Waals surface area contributed by atoms with Gasteiger partial charge in [-0.25, -0.2) is 9.78 Å². The number of esters is 1. The molecule has 3 aromatic carbocycles. The fourth-order valence-electron chi connectivity index (χ4n) is 3.37. The summed E-state index contributed by atoms with van der Waals surface area (Å²) < 4.78 is 5.36. The molecular weight excluding hydrogens is 376 g/mol. The summed E-state index contributed by atoms with van der Waals surface area (Å²) in [7, 11) is 0. The van der Waals surface area contributed by atoms with E-state index < -0.39 is 11.9 Å². The Morgan fingerprint density at radius 3 is 2.23 bits per heavy atom. The molecule has 0 saturated carbocycles. The van der Waals surface area contributed by atoms with E-state index in [1.54, 1.807) is 12.1 Å². The average molecular weight is 396 g/mol. The number of para-hydroxylation sites is 2. The summed E-state index contributed by atoms with van der Waals surface area (Å²) in [5.74, 6) is -0.944. The first-order valence-electron chi connectivity index (χ1n) is 9.60. The molecule has 4 rings (SSSR count). The van der Waals surface area contributed by atoms with Gasteiger partial charge in [-0.15, -0.1) is 0 Å². The predicted octanol–water partition coefficient (Wildman–Crippen LogP) is 5.01. The fourth-order valence-corrected chi connectivity index (χ4v) is 3.37. The van der Waals surface area contributed by atoms with Gasteiger partial charge in [0.2, 0.25) is 0 Å². The van der Waals surface area contributed by atoms with E-state index in [0.717, 1.165) is 11.3 Å². The number of rotatable bonds is 5. The molecule has 0 radical (unpaired) electrons. The summed E-state index contributed by atoms with van der Waals surface area (Å²) in [5, 5.41) is 3.41. The number of fused-ring (bicyclic) bond motifs is 1. The number of carbonyl (C=O) groups is 2. The van der Waals surface area contributed by atoms with Crippen molar-refractivity contribution in [1.82, 2.24) is 4.98 Å². The van der Waals surface area contributed by atoms with Gasteiger partial charge in [-0.3, -0.25) is 4.79 Å². The number of ether oxygens (including phenoxy) is 1. The second-order valence-corrected chi connectivity index (χ2v) is 6.83. The van der Waals surface area contributed by atoms with Crippen LogP contribution >= 0.6 is 0 Å². The lowest BCUT2D eigenvalue weighted by atomic mass is 9.98. The predicted molar refractivity (Wildman–Crippen MR) is 117 cm³/mol. The van der Waals surface area contributed by atoms with Crippen LogP contribution in [0.2, 0.25) is 0 Å². The highest BCUT2D eigenvalue weighted by molar-refractivity contribution is 6.07. The van der Waals surface area contributed by atoms with Gasteiger partial charge in [0, 0.05) is 16.6 Å². The molecule has 4 aromatic rings. The highest BCUT2D eigenvalue weighted by Gasteiger charge is 2.20. The number of anilines is 1. The minimum Gasteiger partial charge on any atom is -0.452 e. The third-order valence-electron chi connectivity index (χ3n) is 4.78. The number of pyridine rings is 1. The molecule has 0 aliphatic heterocycles. The second kappa shape index (κ2) is 8.57. The van der Waals surface area contributed by atoms with E-state index in [1.807, 2.05) is 79.7 Å². The van der Waals surface area contributed by atoms with Crippen LogP contribution in [0.15, 0.2) is 84.9 Å². The molecule has 0 bridgehead atoms. The van der Waals surface area contributed by atoms with E-state index >= 15 is 0 Å². The van der Waals surface area contributed by atoms with Crippen molar-refractivity contribution >= 4 is 28.5 Å². The van der Waals surface area contributed by atoms with E-state index in [4.69, 9.17) is 9.72 Å². The third kappa shape index (κ3) is 4.05. The van der Waals surface area contributed by atoms with Crippen molar-refractivity contribution in [3.8, 4) is 11.3 Å². The lowest BCUT2D eigenvalue weighted by Crippen LogP contribution is -2.21. The Morgan fingerprint density at radius 2 is 1.50 bits per heavy atom. The van der Waals surface area contributed by atoms with Crippen LogP contribution in [-0.4, -0.2) is 23.5 Å². The van der Waals surface area contributed by atoms with Gasteiger partial charge in [0.15, 0.2) is 6.61 Å². The summed E-state index contributed by atoms with van der Waals surface area (Å²) in [6.07, 6.45) is 0. The zero-order chi connectivity index (χ0) is 20.9. The van der Waals surface area contributed by atoms with Crippen molar-refractivity contribution < 1.29 is 14.3 Å². The molecule has 0 aliphatic rings. The number of carbonyl (C=O) groups excluding carboxylic acids is 2. The maximum atomic E-state index is 13.0. The van der Waals surface area contributed by atoms with Crippen LogP contribution in [0, 0.1) is 6.92 Å². The number of amides is 1. The van der Waals surface area contributed by atoms with Crippen molar-refractivity contribution in [2.45, 2.75) is 6.92 Å². The van der Waals surface area contributed by atoms with Gasteiger partial charge < -0.3 is 10.1 Å². The standard InChI is InChI=1S/C25H20N2O3/c1-17-23(25(29)30-16-22(28)26-19-12-6-3-7-13-19)20-14-8-9-15-21(20)27-24(17)18-10-4-2-5-11-18/h2-15H,16H2,1H3,(H,26,28). The van der Waals surface area contributed by atoms with E-state index in [-0.39, 0.29) is 6.61 Å².